The average molecular weight is 258 g/mol. The Bertz CT molecular complexity index is 389. The smallest absolute Gasteiger partial charge is 0.150 e. The second kappa shape index (κ2) is 5.48. The van der Waals surface area contributed by atoms with Gasteiger partial charge in [-0.25, -0.2) is 9.97 Å². The predicted octanol–water partition coefficient (Wildman–Crippen LogP) is 0.455. The van der Waals surface area contributed by atoms with Crippen LogP contribution in [0.1, 0.15) is 0 Å². The van der Waals surface area contributed by atoms with E-state index in [0.29, 0.717) is 17.4 Å². The molecule has 1 aliphatic rings. The Morgan fingerprint density at radius 2 is 2.47 bits per heavy atom. The van der Waals surface area contributed by atoms with Crippen molar-refractivity contribution >= 4 is 23.2 Å². The van der Waals surface area contributed by atoms with Crippen molar-refractivity contribution in [3.63, 3.8) is 0 Å². The summed E-state index contributed by atoms with van der Waals surface area (Å²) in [6, 6.07) is 0. The van der Waals surface area contributed by atoms with Crippen molar-refractivity contribution in [1.29, 1.82) is 0 Å². The maximum absolute atomic E-state index is 5.98. The molecule has 1 aliphatic heterocycles. The molecule has 0 spiro atoms. The van der Waals surface area contributed by atoms with Gasteiger partial charge in [-0.15, -0.1) is 0 Å². The van der Waals surface area contributed by atoms with Crippen molar-refractivity contribution in [2.45, 2.75) is 6.10 Å². The van der Waals surface area contributed by atoms with E-state index in [1.165, 1.54) is 6.33 Å². The molecule has 1 aromatic heterocycles. The number of halogens is 1. The normalized spacial score (nSPS) is 21.4. The van der Waals surface area contributed by atoms with Crippen LogP contribution in [0.25, 0.3) is 0 Å². The Balaban J connectivity index is 1.91. The molecule has 1 atom stereocenters. The number of nitrogen functional groups attached to an aromatic ring is 1. The van der Waals surface area contributed by atoms with Gasteiger partial charge < -0.3 is 20.7 Å². The number of ether oxygens (including phenoxy) is 1. The minimum atomic E-state index is 0.140. The van der Waals surface area contributed by atoms with Crippen LogP contribution in [0.2, 0.25) is 5.02 Å². The number of nitrogens with one attached hydrogen (secondary N) is 1. The molecule has 0 radical (unpaired) electrons. The molecule has 17 heavy (non-hydrogen) atoms. The van der Waals surface area contributed by atoms with Crippen LogP contribution in [-0.2, 0) is 4.74 Å². The van der Waals surface area contributed by atoms with Crippen molar-refractivity contribution in [3.8, 4) is 0 Å². The molecule has 7 heteroatoms. The molecular weight excluding hydrogens is 242 g/mol. The lowest BCUT2D eigenvalue weighted by Gasteiger charge is -2.30. The number of likely N-dealkylation sites (N-methyl/N-ethyl adjacent to an activating group) is 1. The minimum absolute atomic E-state index is 0.140. The predicted molar refractivity (Wildman–Crippen MR) is 67.2 cm³/mol. The van der Waals surface area contributed by atoms with Crippen LogP contribution >= 0.6 is 11.6 Å². The summed E-state index contributed by atoms with van der Waals surface area (Å²) in [6.45, 7) is 3.27. The van der Waals surface area contributed by atoms with Gasteiger partial charge in [0.25, 0.3) is 0 Å². The highest BCUT2D eigenvalue weighted by Gasteiger charge is 2.18. The van der Waals surface area contributed by atoms with E-state index in [4.69, 9.17) is 22.1 Å². The van der Waals surface area contributed by atoms with Crippen molar-refractivity contribution < 1.29 is 4.74 Å². The van der Waals surface area contributed by atoms with E-state index in [1.54, 1.807) is 0 Å². The fraction of sp³-hybridized carbons (Fsp3) is 0.600. The van der Waals surface area contributed by atoms with E-state index >= 15 is 0 Å². The van der Waals surface area contributed by atoms with Gasteiger partial charge >= 0.3 is 0 Å². The average Bonchev–Trinajstić information content (AvgIpc) is 2.31. The molecule has 0 aliphatic carbocycles. The van der Waals surface area contributed by atoms with Gasteiger partial charge in [0.2, 0.25) is 0 Å². The Kier molecular flexibility index (Phi) is 3.98. The van der Waals surface area contributed by atoms with Crippen LogP contribution in [0.3, 0.4) is 0 Å². The molecule has 1 aromatic rings. The summed E-state index contributed by atoms with van der Waals surface area (Å²) in [5, 5.41) is 3.49. The van der Waals surface area contributed by atoms with Crippen LogP contribution < -0.4 is 11.1 Å². The van der Waals surface area contributed by atoms with Gasteiger partial charge in [-0.2, -0.15) is 0 Å². The molecule has 0 amide bonds. The van der Waals surface area contributed by atoms with Crippen molar-refractivity contribution in [1.82, 2.24) is 14.9 Å². The maximum atomic E-state index is 5.98. The van der Waals surface area contributed by atoms with Crippen LogP contribution in [0.15, 0.2) is 6.33 Å². The number of nitrogens with two attached hydrogens (primary N) is 1. The first-order chi connectivity index (χ1) is 8.16. The van der Waals surface area contributed by atoms with Crippen LogP contribution in [0, 0.1) is 0 Å². The number of nitrogens with zero attached hydrogens (tertiary/aromatic N) is 3. The fourth-order valence-electron chi connectivity index (χ4n) is 1.71. The van der Waals surface area contributed by atoms with Crippen molar-refractivity contribution in [2.75, 3.05) is 44.3 Å². The quantitative estimate of drug-likeness (QED) is 0.819. The summed E-state index contributed by atoms with van der Waals surface area (Å²) in [7, 11) is 2.07. The largest absolute Gasteiger partial charge is 0.382 e. The van der Waals surface area contributed by atoms with E-state index in [0.717, 1.165) is 19.7 Å². The standard InChI is InChI=1S/C10H16ClN5O/c1-16-2-3-17-7(5-16)4-13-10-8(11)9(12)14-6-15-10/h6-7H,2-5H2,1H3,(H3,12,13,14,15). The van der Waals surface area contributed by atoms with Gasteiger partial charge in [-0.05, 0) is 7.05 Å². The molecule has 2 rings (SSSR count). The summed E-state index contributed by atoms with van der Waals surface area (Å²) in [5.74, 6) is 0.835. The van der Waals surface area contributed by atoms with E-state index in [2.05, 4.69) is 27.2 Å². The Morgan fingerprint density at radius 1 is 1.65 bits per heavy atom. The molecule has 2 heterocycles. The summed E-state index contributed by atoms with van der Waals surface area (Å²) in [4.78, 5) is 10.1. The highest BCUT2D eigenvalue weighted by Crippen LogP contribution is 2.23. The summed E-state index contributed by atoms with van der Waals surface area (Å²) in [6.07, 6.45) is 1.53. The third kappa shape index (κ3) is 3.18. The highest BCUT2D eigenvalue weighted by atomic mass is 35.5. The number of anilines is 2. The van der Waals surface area contributed by atoms with Gasteiger partial charge in [-0.3, -0.25) is 0 Å². The zero-order valence-electron chi connectivity index (χ0n) is 9.69. The molecule has 1 unspecified atom stereocenters. The van der Waals surface area contributed by atoms with Crippen LogP contribution in [0.5, 0.6) is 0 Å². The second-order valence-corrected chi connectivity index (χ2v) is 4.44. The lowest BCUT2D eigenvalue weighted by molar-refractivity contribution is -0.0117. The summed E-state index contributed by atoms with van der Waals surface area (Å²) >= 11 is 5.98. The second-order valence-electron chi connectivity index (χ2n) is 4.06. The van der Waals surface area contributed by atoms with Gasteiger partial charge in [0, 0.05) is 19.6 Å². The number of hydrogen-bond acceptors (Lipinski definition) is 6. The van der Waals surface area contributed by atoms with Gasteiger partial charge in [0.15, 0.2) is 5.82 Å². The zero-order valence-corrected chi connectivity index (χ0v) is 10.4. The molecule has 3 N–H and O–H groups in total. The first-order valence-corrected chi connectivity index (χ1v) is 5.84. The van der Waals surface area contributed by atoms with E-state index < -0.39 is 0 Å². The topological polar surface area (TPSA) is 76.3 Å². The first-order valence-electron chi connectivity index (χ1n) is 5.47. The maximum Gasteiger partial charge on any atom is 0.150 e. The summed E-state index contributed by atoms with van der Waals surface area (Å²) < 4.78 is 5.62. The SMILES string of the molecule is CN1CCOC(CNc2ncnc(N)c2Cl)C1. The number of aromatic nitrogens is 2. The Hall–Kier alpha value is -1.11. The lowest BCUT2D eigenvalue weighted by Crippen LogP contribution is -2.43. The molecule has 0 aromatic carbocycles. The molecular formula is C10H16ClN5O. The Labute approximate surface area is 105 Å². The highest BCUT2D eigenvalue weighted by molar-refractivity contribution is 6.35. The summed E-state index contributed by atoms with van der Waals surface area (Å²) in [5.41, 5.74) is 5.59. The first kappa shape index (κ1) is 12.3. The molecule has 0 saturated carbocycles. The minimum Gasteiger partial charge on any atom is -0.382 e. The van der Waals surface area contributed by atoms with Gasteiger partial charge in [-0.1, -0.05) is 11.6 Å². The van der Waals surface area contributed by atoms with E-state index in [1.807, 2.05) is 0 Å². The number of rotatable bonds is 3. The zero-order chi connectivity index (χ0) is 12.3. The van der Waals surface area contributed by atoms with Crippen LogP contribution in [-0.4, -0.2) is 54.3 Å². The fourth-order valence-corrected chi connectivity index (χ4v) is 1.87. The van der Waals surface area contributed by atoms with Crippen LogP contribution in [0.4, 0.5) is 11.6 Å². The molecule has 6 nitrogen and oxygen atoms in total. The monoisotopic (exact) mass is 257 g/mol. The third-order valence-electron chi connectivity index (χ3n) is 2.66. The molecule has 1 fully saturated rings. The number of morpholine rings is 1. The molecule has 94 valence electrons. The van der Waals surface area contributed by atoms with E-state index in [-0.39, 0.29) is 11.9 Å². The lowest BCUT2D eigenvalue weighted by atomic mass is 10.3. The van der Waals surface area contributed by atoms with Crippen molar-refractivity contribution in [3.05, 3.63) is 11.3 Å². The molecule has 1 saturated heterocycles. The third-order valence-corrected chi connectivity index (χ3v) is 3.03. The molecule has 0 bridgehead atoms. The Morgan fingerprint density at radius 3 is 3.24 bits per heavy atom. The van der Waals surface area contributed by atoms with Crippen molar-refractivity contribution in [2.24, 2.45) is 0 Å². The van der Waals surface area contributed by atoms with Gasteiger partial charge in [0.1, 0.15) is 17.2 Å². The number of hydrogen-bond donors (Lipinski definition) is 2. The van der Waals surface area contributed by atoms with Gasteiger partial charge in [0.05, 0.1) is 12.7 Å². The van der Waals surface area contributed by atoms with E-state index in [9.17, 15) is 0 Å².